The summed E-state index contributed by atoms with van der Waals surface area (Å²) in [5.41, 5.74) is 0. The lowest BCUT2D eigenvalue weighted by Gasteiger charge is -2.37. The summed E-state index contributed by atoms with van der Waals surface area (Å²) in [6.07, 6.45) is 14.7. The first-order valence-electron chi connectivity index (χ1n) is 11.8. The van der Waals surface area contributed by atoms with E-state index in [0.29, 0.717) is 23.6 Å². The van der Waals surface area contributed by atoms with E-state index in [0.717, 1.165) is 48.3 Å². The average molecular weight is 469 g/mol. The molecule has 0 radical (unpaired) electrons. The van der Waals surface area contributed by atoms with Crippen LogP contribution in [0.3, 0.4) is 0 Å². The van der Waals surface area contributed by atoms with Crippen molar-refractivity contribution in [3.63, 3.8) is 0 Å². The van der Waals surface area contributed by atoms with E-state index in [2.05, 4.69) is 17.2 Å². The number of thioether (sulfide) groups is 1. The van der Waals surface area contributed by atoms with Crippen LogP contribution < -0.4 is 5.32 Å². The van der Waals surface area contributed by atoms with E-state index in [-0.39, 0.29) is 11.7 Å². The van der Waals surface area contributed by atoms with Gasteiger partial charge in [-0.1, -0.05) is 43.9 Å². The average Bonchev–Trinajstić information content (AvgIpc) is 3.44. The van der Waals surface area contributed by atoms with Gasteiger partial charge in [-0.25, -0.2) is 4.98 Å². The van der Waals surface area contributed by atoms with Gasteiger partial charge in [0.25, 0.3) is 0 Å². The van der Waals surface area contributed by atoms with Gasteiger partial charge in [0, 0.05) is 13.0 Å². The Morgan fingerprint density at radius 1 is 1.23 bits per heavy atom. The molecule has 1 aromatic rings. The van der Waals surface area contributed by atoms with Gasteiger partial charge in [-0.3, -0.25) is 9.59 Å². The molecule has 6 nitrogen and oxygen atoms in total. The quantitative estimate of drug-likeness (QED) is 0.375. The Morgan fingerprint density at radius 3 is 2.61 bits per heavy atom. The lowest BCUT2D eigenvalue weighted by molar-refractivity contribution is -0.133. The number of amides is 1. The van der Waals surface area contributed by atoms with Crippen molar-refractivity contribution in [3.8, 4) is 0 Å². The van der Waals surface area contributed by atoms with Crippen LogP contribution in [-0.4, -0.2) is 40.4 Å². The second kappa shape index (κ2) is 12.8. The topological polar surface area (TPSA) is 88.5 Å². The molecular formula is C23H36N2O4S2. The van der Waals surface area contributed by atoms with Crippen LogP contribution in [0.25, 0.3) is 0 Å². The number of carbonyl (C=O) groups excluding carboxylic acids is 1. The van der Waals surface area contributed by atoms with E-state index in [1.807, 2.05) is 0 Å². The van der Waals surface area contributed by atoms with Crippen molar-refractivity contribution in [2.75, 3.05) is 17.7 Å². The zero-order valence-electron chi connectivity index (χ0n) is 18.5. The van der Waals surface area contributed by atoms with Crippen molar-refractivity contribution in [2.45, 2.75) is 87.9 Å². The second-order valence-electron chi connectivity index (χ2n) is 8.87. The Labute approximate surface area is 193 Å². The van der Waals surface area contributed by atoms with Crippen molar-refractivity contribution in [2.24, 2.45) is 17.8 Å². The molecule has 1 heterocycles. The summed E-state index contributed by atoms with van der Waals surface area (Å²) in [5.74, 6) is 1.30. The van der Waals surface area contributed by atoms with Crippen molar-refractivity contribution >= 4 is 40.1 Å². The number of hydrogen-bond acceptors (Lipinski definition) is 6. The van der Waals surface area contributed by atoms with E-state index in [1.54, 1.807) is 6.20 Å². The third kappa shape index (κ3) is 8.06. The highest BCUT2D eigenvalue weighted by molar-refractivity contribution is 8.01. The highest BCUT2D eigenvalue weighted by atomic mass is 32.2. The smallest absolute Gasteiger partial charge is 0.313 e. The number of nitrogens with zero attached hydrogens (tertiary/aromatic N) is 1. The maximum absolute atomic E-state index is 12.6. The summed E-state index contributed by atoms with van der Waals surface area (Å²) < 4.78 is 6.79. The number of hydrogen-bond donors (Lipinski definition) is 2. The Bertz CT molecular complexity index is 698. The van der Waals surface area contributed by atoms with Gasteiger partial charge in [0.2, 0.25) is 5.91 Å². The van der Waals surface area contributed by atoms with Crippen LogP contribution in [-0.2, 0) is 14.3 Å². The normalized spacial score (nSPS) is 23.0. The summed E-state index contributed by atoms with van der Waals surface area (Å²) in [7, 11) is 0. The number of thiazole rings is 1. The van der Waals surface area contributed by atoms with E-state index in [9.17, 15) is 9.59 Å². The van der Waals surface area contributed by atoms with Crippen LogP contribution in [0.2, 0.25) is 0 Å². The molecule has 0 spiro atoms. The molecule has 2 fully saturated rings. The molecule has 8 heteroatoms. The first-order valence-corrected chi connectivity index (χ1v) is 13.6. The first-order chi connectivity index (χ1) is 15.0. The molecule has 2 saturated carbocycles. The van der Waals surface area contributed by atoms with Crippen LogP contribution in [0.15, 0.2) is 10.4 Å². The Balaban J connectivity index is 1.48. The number of carbonyl (C=O) groups is 2. The maximum Gasteiger partial charge on any atom is 0.313 e. The molecule has 0 aliphatic heterocycles. The molecular weight excluding hydrogens is 432 g/mol. The van der Waals surface area contributed by atoms with Crippen LogP contribution >= 0.6 is 23.1 Å². The van der Waals surface area contributed by atoms with Gasteiger partial charge in [-0.2, -0.15) is 0 Å². The van der Waals surface area contributed by atoms with E-state index >= 15 is 0 Å². The third-order valence-corrected chi connectivity index (χ3v) is 8.75. The molecule has 2 aliphatic carbocycles. The number of carboxylic acids is 1. The summed E-state index contributed by atoms with van der Waals surface area (Å²) in [5, 5.41) is 12.3. The fourth-order valence-electron chi connectivity index (χ4n) is 5.21. The number of carboxylic acid groups (broad SMARTS) is 1. The van der Waals surface area contributed by atoms with Gasteiger partial charge in [0.05, 0.1) is 22.3 Å². The summed E-state index contributed by atoms with van der Waals surface area (Å²) in [6, 6.07) is 0. The van der Waals surface area contributed by atoms with Crippen LogP contribution in [0.5, 0.6) is 0 Å². The molecule has 1 amide bonds. The maximum atomic E-state index is 12.6. The fourth-order valence-corrected chi connectivity index (χ4v) is 6.81. The molecule has 174 valence electrons. The van der Waals surface area contributed by atoms with Gasteiger partial charge in [0.1, 0.15) is 0 Å². The van der Waals surface area contributed by atoms with E-state index in [4.69, 9.17) is 9.84 Å². The Hall–Kier alpha value is -1.12. The third-order valence-electron chi connectivity index (χ3n) is 6.66. The van der Waals surface area contributed by atoms with Crippen molar-refractivity contribution in [1.29, 1.82) is 0 Å². The molecule has 3 rings (SSSR count). The lowest BCUT2D eigenvalue weighted by Crippen LogP contribution is -2.30. The lowest BCUT2D eigenvalue weighted by atomic mass is 9.71. The van der Waals surface area contributed by atoms with E-state index < -0.39 is 5.97 Å². The summed E-state index contributed by atoms with van der Waals surface area (Å²) in [6.45, 7) is 3.03. The molecule has 1 aromatic heterocycles. The minimum absolute atomic E-state index is 0.00434. The largest absolute Gasteiger partial charge is 0.481 e. The highest BCUT2D eigenvalue weighted by Crippen LogP contribution is 2.43. The van der Waals surface area contributed by atoms with Crippen molar-refractivity contribution < 1.29 is 19.4 Å². The predicted octanol–water partition coefficient (Wildman–Crippen LogP) is 5.83. The zero-order valence-corrected chi connectivity index (χ0v) is 20.1. The minimum Gasteiger partial charge on any atom is -0.481 e. The standard InChI is InChI=1S/C23H36N2O4S2/c1-2-13-29-18-9-7-17(8-10-18)19(16-5-3-4-6-16)11-12-20(26)25-23-24-14-22(31-23)30-15-21(27)28/h14,16-19H,2-13,15H2,1H3,(H,27,28)(H,24,25,26). The molecule has 2 aliphatic rings. The number of rotatable bonds is 12. The Kier molecular flexibility index (Phi) is 10.1. The van der Waals surface area contributed by atoms with Gasteiger partial charge >= 0.3 is 5.97 Å². The van der Waals surface area contributed by atoms with Crippen LogP contribution in [0.1, 0.15) is 77.6 Å². The van der Waals surface area contributed by atoms with Crippen molar-refractivity contribution in [1.82, 2.24) is 4.98 Å². The molecule has 0 bridgehead atoms. The zero-order chi connectivity index (χ0) is 22.1. The molecule has 1 unspecified atom stereocenters. The number of nitrogens with one attached hydrogen (secondary N) is 1. The number of ether oxygens (including phenoxy) is 1. The predicted molar refractivity (Wildman–Crippen MR) is 126 cm³/mol. The monoisotopic (exact) mass is 468 g/mol. The highest BCUT2D eigenvalue weighted by Gasteiger charge is 2.34. The minimum atomic E-state index is -0.854. The van der Waals surface area contributed by atoms with Crippen LogP contribution in [0, 0.1) is 17.8 Å². The summed E-state index contributed by atoms with van der Waals surface area (Å²) in [4.78, 5) is 27.5. The number of anilines is 1. The summed E-state index contributed by atoms with van der Waals surface area (Å²) >= 11 is 2.57. The second-order valence-corrected chi connectivity index (χ2v) is 11.2. The molecule has 0 saturated heterocycles. The van der Waals surface area contributed by atoms with Crippen LogP contribution in [0.4, 0.5) is 5.13 Å². The van der Waals surface area contributed by atoms with Gasteiger partial charge in [-0.05, 0) is 56.3 Å². The number of aliphatic carboxylic acids is 1. The molecule has 31 heavy (non-hydrogen) atoms. The molecule has 1 atom stereocenters. The van der Waals surface area contributed by atoms with Gasteiger partial charge < -0.3 is 15.2 Å². The molecule has 2 N–H and O–H groups in total. The Morgan fingerprint density at radius 2 is 1.94 bits per heavy atom. The first kappa shape index (κ1) is 24.5. The SMILES string of the molecule is CCCOC1CCC(C(CCC(=O)Nc2ncc(SCC(=O)O)s2)C2CCCC2)CC1. The number of aromatic nitrogens is 1. The van der Waals surface area contributed by atoms with Crippen molar-refractivity contribution in [3.05, 3.63) is 6.20 Å². The van der Waals surface area contributed by atoms with E-state index in [1.165, 1.54) is 61.6 Å². The van der Waals surface area contributed by atoms with Gasteiger partial charge in [-0.15, -0.1) is 11.8 Å². The fraction of sp³-hybridized carbons (Fsp3) is 0.783. The van der Waals surface area contributed by atoms with Gasteiger partial charge in [0.15, 0.2) is 5.13 Å². The molecule has 0 aromatic carbocycles.